The average Bonchev–Trinajstić information content (AvgIpc) is 3.56. The number of aliphatic hydroxyl groups is 2. The molecule has 9 heteroatoms. The standard InChI is InChI=1S/C37H42N2O6S/c1-26-35(23-39-19-7-12-33(39)25-41)44-37(45-36(26)29-17-15-27(24-40)16-18-29)32-11-6-10-31(21-32)30-9-5-8-28(20-30)22-38-46(42,43)34-13-3-2-4-14-34/h2-6,8-11,13-18,20-21,26,33,35-38,40-41H,7,12,19,22-25H2,1H3/t26-,33-,35+,36+,37+/m0/s1. The van der Waals surface area contributed by atoms with Crippen molar-refractivity contribution in [1.29, 1.82) is 0 Å². The number of nitrogens with one attached hydrogen (secondary N) is 1. The molecule has 6 rings (SSSR count). The molecule has 2 saturated heterocycles. The molecule has 4 aromatic carbocycles. The molecule has 0 aromatic heterocycles. The Hall–Kier alpha value is -3.41. The maximum absolute atomic E-state index is 12.8. The molecule has 0 aliphatic carbocycles. The molecule has 0 saturated carbocycles. The van der Waals surface area contributed by atoms with Crippen LogP contribution in [0.3, 0.4) is 0 Å². The first kappa shape index (κ1) is 32.5. The van der Waals surface area contributed by atoms with Gasteiger partial charge >= 0.3 is 0 Å². The third-order valence-electron chi connectivity index (χ3n) is 9.19. The number of hydrogen-bond acceptors (Lipinski definition) is 7. The van der Waals surface area contributed by atoms with Crippen molar-refractivity contribution in [3.63, 3.8) is 0 Å². The summed E-state index contributed by atoms with van der Waals surface area (Å²) >= 11 is 0. The van der Waals surface area contributed by atoms with Crippen LogP contribution in [0.2, 0.25) is 0 Å². The SMILES string of the molecule is C[C@H]1[C@@H](CN2CCC[C@H]2CO)O[C@@H](c2cccc(-c3cccc(CNS(=O)(=O)c4ccccc4)c3)c2)O[C@H]1c1ccc(CO)cc1. The van der Waals surface area contributed by atoms with Crippen molar-refractivity contribution in [3.05, 3.63) is 125 Å². The highest BCUT2D eigenvalue weighted by atomic mass is 32.2. The van der Waals surface area contributed by atoms with Crippen molar-refractivity contribution in [2.75, 3.05) is 19.7 Å². The minimum absolute atomic E-state index is 0.0138. The van der Waals surface area contributed by atoms with Gasteiger partial charge in [-0.2, -0.15) is 0 Å². The van der Waals surface area contributed by atoms with Crippen LogP contribution in [0.15, 0.2) is 108 Å². The summed E-state index contributed by atoms with van der Waals surface area (Å²) < 4.78 is 41.6. The Labute approximate surface area is 271 Å². The van der Waals surface area contributed by atoms with Crippen LogP contribution >= 0.6 is 0 Å². The molecule has 0 radical (unpaired) electrons. The molecule has 5 atom stereocenters. The van der Waals surface area contributed by atoms with Gasteiger partial charge < -0.3 is 19.7 Å². The predicted octanol–water partition coefficient (Wildman–Crippen LogP) is 5.57. The summed E-state index contributed by atoms with van der Waals surface area (Å²) in [6.07, 6.45) is 1.08. The van der Waals surface area contributed by atoms with E-state index in [-0.39, 0.29) is 48.8 Å². The predicted molar refractivity (Wildman–Crippen MR) is 177 cm³/mol. The van der Waals surface area contributed by atoms with Gasteiger partial charge in [-0.25, -0.2) is 13.1 Å². The number of likely N-dealkylation sites (tertiary alicyclic amines) is 1. The normalized spacial score (nSPS) is 23.8. The van der Waals surface area contributed by atoms with Gasteiger partial charge in [-0.3, -0.25) is 4.90 Å². The van der Waals surface area contributed by atoms with Crippen molar-refractivity contribution in [2.45, 2.75) is 62.4 Å². The molecule has 46 heavy (non-hydrogen) atoms. The highest BCUT2D eigenvalue weighted by Crippen LogP contribution is 2.43. The van der Waals surface area contributed by atoms with Gasteiger partial charge in [0, 0.05) is 30.6 Å². The first-order chi connectivity index (χ1) is 22.3. The molecule has 2 fully saturated rings. The molecule has 0 amide bonds. The first-order valence-corrected chi connectivity index (χ1v) is 17.4. The fourth-order valence-corrected chi connectivity index (χ4v) is 7.53. The lowest BCUT2D eigenvalue weighted by molar-refractivity contribution is -0.276. The summed E-state index contributed by atoms with van der Waals surface area (Å²) in [5.41, 5.74) is 5.54. The summed E-state index contributed by atoms with van der Waals surface area (Å²) in [6, 6.07) is 32.4. The zero-order valence-electron chi connectivity index (χ0n) is 26.0. The molecule has 8 nitrogen and oxygen atoms in total. The molecular formula is C37H42N2O6S. The Bertz CT molecular complexity index is 1700. The summed E-state index contributed by atoms with van der Waals surface area (Å²) in [4.78, 5) is 2.57. The molecule has 242 valence electrons. The number of rotatable bonds is 11. The Balaban J connectivity index is 1.24. The molecule has 2 aliphatic heterocycles. The highest BCUT2D eigenvalue weighted by Gasteiger charge is 2.40. The van der Waals surface area contributed by atoms with Crippen molar-refractivity contribution in [3.8, 4) is 11.1 Å². The Morgan fingerprint density at radius 2 is 1.57 bits per heavy atom. The fourth-order valence-electron chi connectivity index (χ4n) is 6.49. The fraction of sp³-hybridized carbons (Fsp3) is 0.351. The molecule has 0 bridgehead atoms. The van der Waals surface area contributed by atoms with E-state index in [1.54, 1.807) is 30.3 Å². The van der Waals surface area contributed by atoms with E-state index in [1.807, 2.05) is 66.7 Å². The molecular weight excluding hydrogens is 600 g/mol. The van der Waals surface area contributed by atoms with Crippen molar-refractivity contribution in [1.82, 2.24) is 9.62 Å². The van der Waals surface area contributed by atoms with Crippen LogP contribution in [-0.2, 0) is 32.6 Å². The second kappa shape index (κ2) is 14.6. The highest BCUT2D eigenvalue weighted by molar-refractivity contribution is 7.89. The number of sulfonamides is 1. The van der Waals surface area contributed by atoms with E-state index in [4.69, 9.17) is 9.47 Å². The van der Waals surface area contributed by atoms with E-state index in [0.29, 0.717) is 6.54 Å². The van der Waals surface area contributed by atoms with Gasteiger partial charge in [0.2, 0.25) is 10.0 Å². The lowest BCUT2D eigenvalue weighted by Crippen LogP contribution is -2.46. The van der Waals surface area contributed by atoms with Crippen molar-refractivity contribution < 1.29 is 28.1 Å². The van der Waals surface area contributed by atoms with Gasteiger partial charge in [-0.15, -0.1) is 0 Å². The molecule has 4 aromatic rings. The Kier molecular flexibility index (Phi) is 10.3. The van der Waals surface area contributed by atoms with E-state index in [0.717, 1.165) is 52.8 Å². The van der Waals surface area contributed by atoms with Gasteiger partial charge in [0.25, 0.3) is 0 Å². The largest absolute Gasteiger partial charge is 0.395 e. The lowest BCUT2D eigenvalue weighted by atomic mass is 9.89. The van der Waals surface area contributed by atoms with Gasteiger partial charge in [0.05, 0.1) is 30.3 Å². The Morgan fingerprint density at radius 3 is 2.30 bits per heavy atom. The zero-order valence-corrected chi connectivity index (χ0v) is 26.9. The van der Waals surface area contributed by atoms with Gasteiger partial charge in [-0.05, 0) is 71.5 Å². The van der Waals surface area contributed by atoms with Crippen LogP contribution < -0.4 is 4.72 Å². The van der Waals surface area contributed by atoms with Gasteiger partial charge in [0.1, 0.15) is 0 Å². The molecule has 2 heterocycles. The summed E-state index contributed by atoms with van der Waals surface area (Å²) in [7, 11) is -3.63. The van der Waals surface area contributed by atoms with Crippen molar-refractivity contribution >= 4 is 10.0 Å². The van der Waals surface area contributed by atoms with Crippen molar-refractivity contribution in [2.24, 2.45) is 5.92 Å². The van der Waals surface area contributed by atoms with E-state index in [1.165, 1.54) is 0 Å². The topological polar surface area (TPSA) is 108 Å². The monoisotopic (exact) mass is 642 g/mol. The van der Waals surface area contributed by atoms with Gasteiger partial charge in [0.15, 0.2) is 6.29 Å². The van der Waals surface area contributed by atoms with Crippen LogP contribution in [0, 0.1) is 5.92 Å². The average molecular weight is 643 g/mol. The van der Waals surface area contributed by atoms with E-state index >= 15 is 0 Å². The van der Waals surface area contributed by atoms with Crippen LogP contribution in [-0.4, -0.2) is 55.4 Å². The molecule has 2 aliphatic rings. The number of ether oxygens (including phenoxy) is 2. The zero-order chi connectivity index (χ0) is 32.1. The van der Waals surface area contributed by atoms with Gasteiger partial charge in [-0.1, -0.05) is 85.8 Å². The number of hydrogen-bond donors (Lipinski definition) is 3. The first-order valence-electron chi connectivity index (χ1n) is 15.9. The minimum Gasteiger partial charge on any atom is -0.395 e. The second-order valence-electron chi connectivity index (χ2n) is 12.3. The van der Waals surface area contributed by atoms with Crippen LogP contribution in [0.5, 0.6) is 0 Å². The summed E-state index contributed by atoms with van der Waals surface area (Å²) in [6.45, 7) is 4.09. The smallest absolute Gasteiger partial charge is 0.240 e. The number of aliphatic hydroxyl groups excluding tert-OH is 2. The summed E-state index contributed by atoms with van der Waals surface area (Å²) in [5, 5.41) is 19.5. The third kappa shape index (κ3) is 7.42. The van der Waals surface area contributed by atoms with E-state index in [9.17, 15) is 18.6 Å². The quantitative estimate of drug-likeness (QED) is 0.196. The van der Waals surface area contributed by atoms with Crippen LogP contribution in [0.4, 0.5) is 0 Å². The number of benzene rings is 4. The maximum atomic E-state index is 12.8. The third-order valence-corrected chi connectivity index (χ3v) is 10.6. The second-order valence-corrected chi connectivity index (χ2v) is 14.0. The molecule has 0 spiro atoms. The summed E-state index contributed by atoms with van der Waals surface area (Å²) in [5.74, 6) is 0.0516. The van der Waals surface area contributed by atoms with Crippen LogP contribution in [0.25, 0.3) is 11.1 Å². The van der Waals surface area contributed by atoms with E-state index in [2.05, 4.69) is 22.6 Å². The molecule has 0 unspecified atom stereocenters. The minimum atomic E-state index is -3.63. The Morgan fingerprint density at radius 1 is 0.826 bits per heavy atom. The molecule has 3 N–H and O–H groups in total. The maximum Gasteiger partial charge on any atom is 0.240 e. The van der Waals surface area contributed by atoms with E-state index < -0.39 is 16.3 Å². The van der Waals surface area contributed by atoms with Crippen LogP contribution in [0.1, 0.15) is 54.4 Å². The number of nitrogens with zero attached hydrogens (tertiary/aromatic N) is 1. The lowest BCUT2D eigenvalue weighted by Gasteiger charge is -2.43.